The second kappa shape index (κ2) is 3.77. The largest absolute Gasteiger partial charge is 1.00 e. The smallest absolute Gasteiger partial charge is 0.0952 e. The van der Waals surface area contributed by atoms with E-state index in [0.717, 1.165) is 17.9 Å². The lowest BCUT2D eigenvalue weighted by atomic mass is 9.74. The maximum atomic E-state index is 3.93. The number of rotatable bonds is 1. The normalized spacial score (nSPS) is 41.1. The highest BCUT2D eigenvalue weighted by Crippen LogP contribution is 2.33. The summed E-state index contributed by atoms with van der Waals surface area (Å²) in [6, 6.07) is 0.984. The lowest BCUT2D eigenvalue weighted by Crippen LogP contribution is -3.00. The quantitative estimate of drug-likeness (QED) is 0.407. The number of nitrogens with two attached hydrogens (primary N) is 1. The van der Waals surface area contributed by atoms with Gasteiger partial charge >= 0.3 is 0 Å². The van der Waals surface area contributed by atoms with Gasteiger partial charge in [0.2, 0.25) is 0 Å². The molecule has 2 aliphatic heterocycles. The average molecular weight is 185 g/mol. The van der Waals surface area contributed by atoms with E-state index < -0.39 is 0 Å². The Labute approximate surface area is 73.7 Å². The van der Waals surface area contributed by atoms with Gasteiger partial charge in [-0.1, -0.05) is 0 Å². The summed E-state index contributed by atoms with van der Waals surface area (Å²) >= 11 is 0. The molecule has 4 heteroatoms. The van der Waals surface area contributed by atoms with E-state index in [1.165, 1.54) is 19.5 Å². The minimum absolute atomic E-state index is 0. The van der Waals surface area contributed by atoms with Crippen molar-refractivity contribution in [3.8, 4) is 0 Å². The van der Waals surface area contributed by atoms with E-state index in [1.54, 1.807) is 0 Å². The second-order valence-electron chi connectivity index (χ2n) is 3.08. The van der Waals surface area contributed by atoms with Crippen molar-refractivity contribution in [1.82, 2.24) is 0 Å². The topological polar surface area (TPSA) is 44.2 Å². The summed E-state index contributed by atoms with van der Waals surface area (Å²) in [5, 5.41) is 2.49. The zero-order valence-corrected chi connectivity index (χ0v) is 7.41. The van der Waals surface area contributed by atoms with Crippen molar-refractivity contribution in [2.24, 2.45) is 11.8 Å². The Bertz CT molecular complexity index is 95.9. The maximum absolute atomic E-state index is 3.93. The molecule has 5 N–H and O–H groups in total. The molecule has 0 radical (unpaired) electrons. The molecule has 2 heterocycles. The highest BCUT2D eigenvalue weighted by molar-refractivity contribution is 4.91. The first-order valence-electron chi connectivity index (χ1n) is 3.54. The van der Waals surface area contributed by atoms with E-state index in [1.807, 2.05) is 0 Å². The summed E-state index contributed by atoms with van der Waals surface area (Å²) in [5.74, 6) is 2.05. The Morgan fingerprint density at radius 2 is 2.10 bits per heavy atom. The van der Waals surface area contributed by atoms with E-state index >= 15 is 0 Å². The molecule has 0 aromatic carbocycles. The highest BCUT2D eigenvalue weighted by Gasteiger charge is 2.51. The molecule has 2 saturated heterocycles. The van der Waals surface area contributed by atoms with Crippen molar-refractivity contribution >= 4 is 0 Å². The van der Waals surface area contributed by atoms with Crippen LogP contribution in [0.2, 0.25) is 0 Å². The van der Waals surface area contributed by atoms with Crippen LogP contribution < -0.4 is 35.9 Å². The third kappa shape index (κ3) is 1.26. The van der Waals surface area contributed by atoms with Crippen LogP contribution in [0.15, 0.2) is 0 Å². The van der Waals surface area contributed by atoms with E-state index in [9.17, 15) is 0 Å². The fourth-order valence-electron chi connectivity index (χ4n) is 2.19. The molecule has 3 rings (SSSR count). The Morgan fingerprint density at radius 1 is 1.40 bits per heavy atom. The first-order chi connectivity index (χ1) is 3.92. The second-order valence-corrected chi connectivity index (χ2v) is 3.08. The Balaban J connectivity index is 0.000000405. The Morgan fingerprint density at radius 3 is 2.30 bits per heavy atom. The minimum atomic E-state index is 0. The Kier molecular flexibility index (Phi) is 3.95. The van der Waals surface area contributed by atoms with E-state index in [2.05, 4.69) is 11.1 Å². The first kappa shape index (κ1) is 10.5. The molecule has 10 heavy (non-hydrogen) atoms. The van der Waals surface area contributed by atoms with Gasteiger partial charge in [0.05, 0.1) is 25.0 Å². The minimum Gasteiger partial charge on any atom is -1.00 e. The number of halogens is 2. The molecule has 3 aliphatic rings. The van der Waals surface area contributed by atoms with Crippen LogP contribution in [0.4, 0.5) is 0 Å². The SMILES string of the molecule is [Cl-].[Cl-].[NH3+]C[C@H]1[C@H]2C[NH2+][C@@H]1C2. The van der Waals surface area contributed by atoms with Crippen LogP contribution in [0.3, 0.4) is 0 Å². The van der Waals surface area contributed by atoms with Crippen molar-refractivity contribution in [1.29, 1.82) is 0 Å². The van der Waals surface area contributed by atoms with Crippen molar-refractivity contribution in [2.75, 3.05) is 13.1 Å². The molecule has 0 aromatic heterocycles. The molecule has 1 saturated carbocycles. The van der Waals surface area contributed by atoms with Crippen LogP contribution in [0.1, 0.15) is 6.42 Å². The monoisotopic (exact) mass is 184 g/mol. The van der Waals surface area contributed by atoms with Gasteiger partial charge in [-0.25, -0.2) is 0 Å². The van der Waals surface area contributed by atoms with Crippen molar-refractivity contribution in [2.45, 2.75) is 12.5 Å². The van der Waals surface area contributed by atoms with Crippen LogP contribution in [0.5, 0.6) is 0 Å². The molecule has 1 aliphatic carbocycles. The maximum Gasteiger partial charge on any atom is 0.0952 e. The summed E-state index contributed by atoms with van der Waals surface area (Å²) in [7, 11) is 0. The molecule has 3 fully saturated rings. The van der Waals surface area contributed by atoms with Crippen LogP contribution >= 0.6 is 0 Å². The fraction of sp³-hybridized carbons (Fsp3) is 1.00. The van der Waals surface area contributed by atoms with Crippen molar-refractivity contribution in [3.05, 3.63) is 0 Å². The molecule has 0 aromatic rings. The molecule has 0 amide bonds. The molecule has 0 spiro atoms. The van der Waals surface area contributed by atoms with Gasteiger partial charge in [0, 0.05) is 12.3 Å². The zero-order valence-electron chi connectivity index (χ0n) is 5.89. The average Bonchev–Trinajstić information content (AvgIpc) is 2.19. The van der Waals surface area contributed by atoms with E-state index in [0.29, 0.717) is 0 Å². The van der Waals surface area contributed by atoms with Crippen LogP contribution in [-0.4, -0.2) is 19.1 Å². The van der Waals surface area contributed by atoms with Gasteiger partial charge in [-0.15, -0.1) is 0 Å². The number of hydrogen-bond donors (Lipinski definition) is 2. The van der Waals surface area contributed by atoms with Gasteiger partial charge in [0.15, 0.2) is 0 Å². The molecular formula is C6H14Cl2N2. The summed E-state index contributed by atoms with van der Waals surface area (Å²) in [5.41, 5.74) is 3.93. The van der Waals surface area contributed by atoms with Crippen molar-refractivity contribution in [3.63, 3.8) is 0 Å². The van der Waals surface area contributed by atoms with E-state index in [4.69, 9.17) is 0 Å². The van der Waals surface area contributed by atoms with Crippen molar-refractivity contribution < 1.29 is 35.9 Å². The zero-order chi connectivity index (χ0) is 5.56. The van der Waals surface area contributed by atoms with Gasteiger partial charge in [-0.2, -0.15) is 0 Å². The molecular weight excluding hydrogens is 171 g/mol. The first-order valence-corrected chi connectivity index (χ1v) is 3.54. The fourth-order valence-corrected chi connectivity index (χ4v) is 2.19. The summed E-state index contributed by atoms with van der Waals surface area (Å²) in [6.45, 7) is 2.57. The Hall–Kier alpha value is 0.500. The molecule has 3 atom stereocenters. The summed E-state index contributed by atoms with van der Waals surface area (Å²) < 4.78 is 0. The van der Waals surface area contributed by atoms with Gasteiger partial charge in [0.1, 0.15) is 0 Å². The molecule has 62 valence electrons. The summed E-state index contributed by atoms with van der Waals surface area (Å²) in [6.07, 6.45) is 1.49. The predicted octanol–water partition coefficient (Wildman–Crippen LogP) is -8.18. The molecule has 2 bridgehead atoms. The van der Waals surface area contributed by atoms with Crippen LogP contribution in [0, 0.1) is 11.8 Å². The summed E-state index contributed by atoms with van der Waals surface area (Å²) in [4.78, 5) is 0. The lowest BCUT2D eigenvalue weighted by Gasteiger charge is -2.26. The predicted molar refractivity (Wildman–Crippen MR) is 29.9 cm³/mol. The van der Waals surface area contributed by atoms with Gasteiger partial charge in [-0.3, -0.25) is 0 Å². The number of fused-ring (bicyclic) bond motifs is 1. The third-order valence-corrected chi connectivity index (χ3v) is 2.81. The number of quaternary nitrogens is 2. The standard InChI is InChI=1S/C6H12N2.2ClH/c7-2-5-4-1-6(5)8-3-4;;/h4-6,8H,1-3,7H2;2*1H/t4-,5+,6-;;/m1../s1. The number of hydrogen-bond acceptors (Lipinski definition) is 0. The highest BCUT2D eigenvalue weighted by atomic mass is 35.5. The molecule has 0 unspecified atom stereocenters. The van der Waals surface area contributed by atoms with Crippen LogP contribution in [-0.2, 0) is 0 Å². The van der Waals surface area contributed by atoms with Gasteiger partial charge < -0.3 is 35.9 Å². The lowest BCUT2D eigenvalue weighted by molar-refractivity contribution is -0.664. The van der Waals surface area contributed by atoms with Crippen LogP contribution in [0.25, 0.3) is 0 Å². The molecule has 2 nitrogen and oxygen atoms in total. The van der Waals surface area contributed by atoms with Gasteiger partial charge in [0.25, 0.3) is 0 Å². The van der Waals surface area contributed by atoms with Gasteiger partial charge in [-0.05, 0) is 0 Å². The van der Waals surface area contributed by atoms with E-state index in [-0.39, 0.29) is 24.8 Å². The third-order valence-electron chi connectivity index (χ3n) is 2.81.